The maximum absolute atomic E-state index is 12.5. The van der Waals surface area contributed by atoms with Crippen LogP contribution in [0.1, 0.15) is 30.4 Å². The summed E-state index contributed by atoms with van der Waals surface area (Å²) in [5, 5.41) is 13.5. The first-order chi connectivity index (χ1) is 11.0. The highest BCUT2D eigenvalue weighted by Gasteiger charge is 2.38. The van der Waals surface area contributed by atoms with E-state index >= 15 is 0 Å². The van der Waals surface area contributed by atoms with Gasteiger partial charge >= 0.3 is 5.97 Å². The lowest BCUT2D eigenvalue weighted by Gasteiger charge is -2.35. The number of piperidine rings is 1. The summed E-state index contributed by atoms with van der Waals surface area (Å²) in [6.45, 7) is 2.53. The zero-order valence-corrected chi connectivity index (χ0v) is 12.8. The van der Waals surface area contributed by atoms with Gasteiger partial charge in [-0.1, -0.05) is 18.2 Å². The quantitative estimate of drug-likeness (QED) is 0.929. The van der Waals surface area contributed by atoms with Crippen LogP contribution in [0, 0.1) is 5.41 Å². The van der Waals surface area contributed by atoms with E-state index < -0.39 is 11.4 Å². The van der Waals surface area contributed by atoms with Crippen LogP contribution < -0.4 is 0 Å². The molecule has 2 heterocycles. The van der Waals surface area contributed by atoms with E-state index in [-0.39, 0.29) is 11.7 Å². The maximum Gasteiger partial charge on any atom is 0.309 e. The summed E-state index contributed by atoms with van der Waals surface area (Å²) in [4.78, 5) is 29.4. The highest BCUT2D eigenvalue weighted by atomic mass is 16.4. The number of carboxylic acid groups (broad SMARTS) is 1. The van der Waals surface area contributed by atoms with Crippen LogP contribution in [0.5, 0.6) is 0 Å². The van der Waals surface area contributed by atoms with E-state index in [4.69, 9.17) is 0 Å². The summed E-state index contributed by atoms with van der Waals surface area (Å²) in [5.41, 5.74) is 0.0734. The van der Waals surface area contributed by atoms with E-state index in [0.717, 1.165) is 5.69 Å². The second kappa shape index (κ2) is 5.83. The van der Waals surface area contributed by atoms with Crippen molar-refractivity contribution in [3.05, 3.63) is 42.5 Å². The van der Waals surface area contributed by atoms with Gasteiger partial charge < -0.3 is 10.0 Å². The van der Waals surface area contributed by atoms with Crippen LogP contribution in [0.15, 0.2) is 36.7 Å². The van der Waals surface area contributed by atoms with Crippen molar-refractivity contribution in [3.63, 3.8) is 0 Å². The number of carboxylic acids is 1. The standard InChI is InChI=1S/C16H18N4O3/c1-16(15(22)23)7-9-19(10-8-16)14(21)13-17-11-20(18-13)12-5-3-2-4-6-12/h2-6,11H,7-10H2,1H3,(H,22,23). The summed E-state index contributed by atoms with van der Waals surface area (Å²) in [6, 6.07) is 9.43. The number of hydrogen-bond acceptors (Lipinski definition) is 4. The molecule has 0 bridgehead atoms. The van der Waals surface area contributed by atoms with Crippen molar-refractivity contribution >= 4 is 11.9 Å². The lowest BCUT2D eigenvalue weighted by molar-refractivity contribution is -0.150. The van der Waals surface area contributed by atoms with E-state index in [9.17, 15) is 14.7 Å². The van der Waals surface area contributed by atoms with Crippen molar-refractivity contribution in [2.45, 2.75) is 19.8 Å². The number of rotatable bonds is 3. The molecule has 0 atom stereocenters. The number of likely N-dealkylation sites (tertiary alicyclic amines) is 1. The smallest absolute Gasteiger partial charge is 0.309 e. The van der Waals surface area contributed by atoms with Gasteiger partial charge in [-0.25, -0.2) is 9.67 Å². The lowest BCUT2D eigenvalue weighted by atomic mass is 9.80. The first-order valence-corrected chi connectivity index (χ1v) is 7.49. The normalized spacial score (nSPS) is 17.0. The van der Waals surface area contributed by atoms with Crippen LogP contribution in [0.2, 0.25) is 0 Å². The van der Waals surface area contributed by atoms with Gasteiger partial charge in [-0.15, -0.1) is 5.10 Å². The third-order valence-electron chi connectivity index (χ3n) is 4.37. The van der Waals surface area contributed by atoms with E-state index in [1.165, 1.54) is 6.33 Å². The first kappa shape index (κ1) is 15.2. The summed E-state index contributed by atoms with van der Waals surface area (Å²) in [7, 11) is 0. The Balaban J connectivity index is 1.70. The average molecular weight is 314 g/mol. The number of carbonyl (C=O) groups is 2. The van der Waals surface area contributed by atoms with Gasteiger partial charge in [0.05, 0.1) is 11.1 Å². The number of carbonyl (C=O) groups excluding carboxylic acids is 1. The number of benzene rings is 1. The lowest BCUT2D eigenvalue weighted by Crippen LogP contribution is -2.45. The highest BCUT2D eigenvalue weighted by Crippen LogP contribution is 2.31. The fourth-order valence-electron chi connectivity index (χ4n) is 2.62. The minimum absolute atomic E-state index is 0.132. The molecule has 1 amide bonds. The largest absolute Gasteiger partial charge is 0.481 e. The third kappa shape index (κ3) is 2.94. The molecule has 1 aromatic carbocycles. The molecular weight excluding hydrogens is 296 g/mol. The highest BCUT2D eigenvalue weighted by molar-refractivity contribution is 5.90. The molecule has 0 unspecified atom stereocenters. The number of aliphatic carboxylic acids is 1. The SMILES string of the molecule is CC1(C(=O)O)CCN(C(=O)c2ncn(-c3ccccc3)n2)CC1. The Kier molecular flexibility index (Phi) is 3.85. The van der Waals surface area contributed by atoms with Gasteiger partial charge in [0.2, 0.25) is 5.82 Å². The van der Waals surface area contributed by atoms with E-state index in [1.807, 2.05) is 30.3 Å². The Morgan fingerprint density at radius 2 is 1.83 bits per heavy atom. The Morgan fingerprint density at radius 1 is 1.17 bits per heavy atom. The zero-order valence-electron chi connectivity index (χ0n) is 12.8. The number of hydrogen-bond donors (Lipinski definition) is 1. The van der Waals surface area contributed by atoms with Gasteiger partial charge in [0.25, 0.3) is 5.91 Å². The van der Waals surface area contributed by atoms with Crippen molar-refractivity contribution in [3.8, 4) is 5.69 Å². The fraction of sp³-hybridized carbons (Fsp3) is 0.375. The van der Waals surface area contributed by atoms with Crippen LogP contribution in [-0.2, 0) is 4.79 Å². The predicted molar refractivity (Wildman–Crippen MR) is 82.2 cm³/mol. The Hall–Kier alpha value is -2.70. The molecule has 120 valence electrons. The minimum atomic E-state index is -0.809. The van der Waals surface area contributed by atoms with E-state index in [2.05, 4.69) is 10.1 Å². The zero-order chi connectivity index (χ0) is 16.4. The van der Waals surface area contributed by atoms with Crippen molar-refractivity contribution in [1.29, 1.82) is 0 Å². The predicted octanol–water partition coefficient (Wildman–Crippen LogP) is 1.59. The third-order valence-corrected chi connectivity index (χ3v) is 4.37. The molecule has 1 aliphatic rings. The fourth-order valence-corrected chi connectivity index (χ4v) is 2.62. The Morgan fingerprint density at radius 3 is 2.43 bits per heavy atom. The molecule has 7 nitrogen and oxygen atoms in total. The van der Waals surface area contributed by atoms with Crippen molar-refractivity contribution < 1.29 is 14.7 Å². The molecule has 1 aromatic heterocycles. The second-order valence-electron chi connectivity index (χ2n) is 6.01. The number of amides is 1. The van der Waals surface area contributed by atoms with Crippen molar-refractivity contribution in [2.24, 2.45) is 5.41 Å². The Bertz CT molecular complexity index is 718. The first-order valence-electron chi connectivity index (χ1n) is 7.49. The molecule has 23 heavy (non-hydrogen) atoms. The summed E-state index contributed by atoms with van der Waals surface area (Å²) in [5.74, 6) is -0.934. The molecule has 0 radical (unpaired) electrons. The molecule has 0 aliphatic carbocycles. The van der Waals surface area contributed by atoms with E-state index in [1.54, 1.807) is 16.5 Å². The molecule has 3 rings (SSSR count). The van der Waals surface area contributed by atoms with Gasteiger partial charge in [0.1, 0.15) is 6.33 Å². The summed E-state index contributed by atoms with van der Waals surface area (Å²) < 4.78 is 1.55. The topological polar surface area (TPSA) is 88.3 Å². The van der Waals surface area contributed by atoms with Crippen LogP contribution >= 0.6 is 0 Å². The van der Waals surface area contributed by atoms with Crippen molar-refractivity contribution in [1.82, 2.24) is 19.7 Å². The molecule has 1 aliphatic heterocycles. The van der Waals surface area contributed by atoms with Gasteiger partial charge in [-0.05, 0) is 31.9 Å². The monoisotopic (exact) mass is 314 g/mol. The van der Waals surface area contributed by atoms with Gasteiger partial charge in [-0.2, -0.15) is 0 Å². The van der Waals surface area contributed by atoms with Crippen molar-refractivity contribution in [2.75, 3.05) is 13.1 Å². The molecule has 0 saturated carbocycles. The second-order valence-corrected chi connectivity index (χ2v) is 6.01. The summed E-state index contributed by atoms with van der Waals surface area (Å²) >= 11 is 0. The summed E-state index contributed by atoms with van der Waals surface area (Å²) in [6.07, 6.45) is 2.38. The van der Waals surface area contributed by atoms with Gasteiger partial charge in [-0.3, -0.25) is 9.59 Å². The molecule has 2 aromatic rings. The molecule has 1 N–H and O–H groups in total. The molecular formula is C16H18N4O3. The van der Waals surface area contributed by atoms with Crippen LogP contribution in [0.4, 0.5) is 0 Å². The molecule has 7 heteroatoms. The number of para-hydroxylation sites is 1. The van der Waals surface area contributed by atoms with Gasteiger partial charge in [0.15, 0.2) is 0 Å². The van der Waals surface area contributed by atoms with Crippen LogP contribution in [0.25, 0.3) is 5.69 Å². The molecule has 1 fully saturated rings. The Labute approximate surface area is 133 Å². The van der Waals surface area contributed by atoms with Gasteiger partial charge in [0, 0.05) is 13.1 Å². The molecule has 1 saturated heterocycles. The minimum Gasteiger partial charge on any atom is -0.481 e. The maximum atomic E-state index is 12.5. The number of nitrogens with zero attached hydrogens (tertiary/aromatic N) is 4. The average Bonchev–Trinajstić information content (AvgIpc) is 3.05. The molecule has 0 spiro atoms. The van der Waals surface area contributed by atoms with Crippen LogP contribution in [-0.4, -0.2) is 49.7 Å². The number of aromatic nitrogens is 3. The van der Waals surface area contributed by atoms with E-state index in [0.29, 0.717) is 25.9 Å². The van der Waals surface area contributed by atoms with Crippen LogP contribution in [0.3, 0.4) is 0 Å².